The molecule has 1 aliphatic rings. The zero-order valence-electron chi connectivity index (χ0n) is 18.3. The number of aryl methyl sites for hydroxylation is 2. The van der Waals surface area contributed by atoms with Gasteiger partial charge in [0.05, 0.1) is 0 Å². The summed E-state index contributed by atoms with van der Waals surface area (Å²) in [6.45, 7) is 3.38. The highest BCUT2D eigenvalue weighted by molar-refractivity contribution is 5.96. The number of aromatic nitrogens is 1. The summed E-state index contributed by atoms with van der Waals surface area (Å²) in [5.74, 6) is 0.238. The van der Waals surface area contributed by atoms with Crippen LogP contribution in [0.15, 0.2) is 67.0 Å². The first kappa shape index (κ1) is 21.9. The Labute approximate surface area is 188 Å². The third-order valence-electron chi connectivity index (χ3n) is 6.34. The van der Waals surface area contributed by atoms with Crippen molar-refractivity contribution in [2.75, 3.05) is 13.1 Å². The van der Waals surface area contributed by atoms with Crippen molar-refractivity contribution in [2.24, 2.45) is 0 Å². The van der Waals surface area contributed by atoms with E-state index < -0.39 is 0 Å². The number of hydrogen-bond donors (Lipinski definition) is 0. The summed E-state index contributed by atoms with van der Waals surface area (Å²) in [7, 11) is 0. The van der Waals surface area contributed by atoms with Crippen LogP contribution in [-0.4, -0.2) is 34.7 Å². The molecule has 0 spiro atoms. The van der Waals surface area contributed by atoms with Crippen LogP contribution >= 0.6 is 0 Å². The van der Waals surface area contributed by atoms with E-state index >= 15 is 0 Å². The summed E-state index contributed by atoms with van der Waals surface area (Å²) in [5, 5.41) is 0. The van der Waals surface area contributed by atoms with Gasteiger partial charge in [-0.15, -0.1) is 0 Å². The number of rotatable bonds is 6. The highest BCUT2D eigenvalue weighted by Crippen LogP contribution is 2.29. The van der Waals surface area contributed by atoms with Crippen LogP contribution in [0.25, 0.3) is 0 Å². The van der Waals surface area contributed by atoms with Gasteiger partial charge in [0, 0.05) is 43.0 Å². The first-order chi connectivity index (χ1) is 15.5. The molecule has 32 heavy (non-hydrogen) atoms. The molecular formula is C27H27FN2O2. The first-order valence-corrected chi connectivity index (χ1v) is 11.1. The van der Waals surface area contributed by atoms with Gasteiger partial charge in [0.1, 0.15) is 5.82 Å². The number of hydrogen-bond acceptors (Lipinski definition) is 3. The van der Waals surface area contributed by atoms with E-state index in [1.807, 2.05) is 42.2 Å². The molecule has 0 radical (unpaired) electrons. The molecule has 3 aromatic rings. The van der Waals surface area contributed by atoms with Crippen molar-refractivity contribution in [1.82, 2.24) is 9.88 Å². The molecule has 2 heterocycles. The van der Waals surface area contributed by atoms with Gasteiger partial charge in [-0.2, -0.15) is 0 Å². The number of ketones is 1. The Morgan fingerprint density at radius 1 is 0.969 bits per heavy atom. The molecule has 1 aliphatic heterocycles. The van der Waals surface area contributed by atoms with Crippen LogP contribution in [0.3, 0.4) is 0 Å². The van der Waals surface area contributed by atoms with Crippen molar-refractivity contribution in [3.63, 3.8) is 0 Å². The highest BCUT2D eigenvalue weighted by Gasteiger charge is 2.25. The number of pyridine rings is 1. The molecule has 1 amide bonds. The average Bonchev–Trinajstić information content (AvgIpc) is 2.84. The monoisotopic (exact) mass is 430 g/mol. The maximum atomic E-state index is 13.2. The molecule has 1 saturated heterocycles. The third kappa shape index (κ3) is 5.10. The zero-order valence-corrected chi connectivity index (χ0v) is 18.3. The van der Waals surface area contributed by atoms with Crippen molar-refractivity contribution >= 4 is 11.7 Å². The normalized spacial score (nSPS) is 14.4. The van der Waals surface area contributed by atoms with Gasteiger partial charge < -0.3 is 4.90 Å². The van der Waals surface area contributed by atoms with Crippen LogP contribution in [0.4, 0.5) is 4.39 Å². The Balaban J connectivity index is 1.38. The molecule has 0 bridgehead atoms. The van der Waals surface area contributed by atoms with E-state index in [2.05, 4.69) is 4.98 Å². The third-order valence-corrected chi connectivity index (χ3v) is 6.34. The SMILES string of the molecule is Cc1ccc(C(=O)N2CCC(c3ccc(F)cc3)CC2)cc1CCC(=O)c1ccncc1. The van der Waals surface area contributed by atoms with Crippen LogP contribution in [0.5, 0.6) is 0 Å². The molecule has 0 unspecified atom stereocenters. The van der Waals surface area contributed by atoms with E-state index in [9.17, 15) is 14.0 Å². The lowest BCUT2D eigenvalue weighted by Gasteiger charge is -2.32. The molecular weight excluding hydrogens is 403 g/mol. The van der Waals surface area contributed by atoms with Crippen molar-refractivity contribution in [3.8, 4) is 0 Å². The van der Waals surface area contributed by atoms with Crippen LogP contribution in [0.1, 0.15) is 62.6 Å². The lowest BCUT2D eigenvalue weighted by Crippen LogP contribution is -2.38. The largest absolute Gasteiger partial charge is 0.339 e. The van der Waals surface area contributed by atoms with Crippen LogP contribution in [0, 0.1) is 12.7 Å². The predicted octanol–water partition coefficient (Wildman–Crippen LogP) is 5.36. The molecule has 164 valence electrons. The predicted molar refractivity (Wildman–Crippen MR) is 122 cm³/mol. The van der Waals surface area contributed by atoms with Crippen molar-refractivity contribution < 1.29 is 14.0 Å². The summed E-state index contributed by atoms with van der Waals surface area (Å²) >= 11 is 0. The van der Waals surface area contributed by atoms with Gasteiger partial charge in [-0.05, 0) is 85.2 Å². The van der Waals surface area contributed by atoms with E-state index in [-0.39, 0.29) is 17.5 Å². The van der Waals surface area contributed by atoms with Gasteiger partial charge >= 0.3 is 0 Å². The highest BCUT2D eigenvalue weighted by atomic mass is 19.1. The van der Waals surface area contributed by atoms with Gasteiger partial charge in [-0.25, -0.2) is 4.39 Å². The van der Waals surface area contributed by atoms with Crippen LogP contribution in [0.2, 0.25) is 0 Å². The van der Waals surface area contributed by atoms with Gasteiger partial charge in [0.15, 0.2) is 5.78 Å². The molecule has 4 rings (SSSR count). The summed E-state index contributed by atoms with van der Waals surface area (Å²) < 4.78 is 13.2. The Morgan fingerprint density at radius 3 is 2.34 bits per heavy atom. The minimum atomic E-state index is -0.223. The van der Waals surface area contributed by atoms with Gasteiger partial charge in [0.25, 0.3) is 5.91 Å². The molecule has 1 fully saturated rings. The summed E-state index contributed by atoms with van der Waals surface area (Å²) in [6.07, 6.45) is 5.98. The molecule has 5 heteroatoms. The zero-order chi connectivity index (χ0) is 22.5. The number of likely N-dealkylation sites (tertiary alicyclic amines) is 1. The quantitative estimate of drug-likeness (QED) is 0.495. The van der Waals surface area contributed by atoms with Crippen molar-refractivity contribution in [3.05, 3.63) is 101 Å². The fourth-order valence-corrected chi connectivity index (χ4v) is 4.34. The average molecular weight is 431 g/mol. The smallest absolute Gasteiger partial charge is 0.253 e. The number of benzene rings is 2. The number of nitrogens with zero attached hydrogens (tertiary/aromatic N) is 2. The number of Topliss-reactive ketones (excluding diaryl/α,β-unsaturated/α-hetero) is 1. The Morgan fingerprint density at radius 2 is 1.66 bits per heavy atom. The number of carbonyl (C=O) groups is 2. The minimum Gasteiger partial charge on any atom is -0.339 e. The molecule has 0 saturated carbocycles. The number of carbonyl (C=O) groups excluding carboxylic acids is 2. The number of amides is 1. The summed E-state index contributed by atoms with van der Waals surface area (Å²) in [4.78, 5) is 31.4. The fourth-order valence-electron chi connectivity index (χ4n) is 4.34. The molecule has 1 aromatic heterocycles. The van der Waals surface area contributed by atoms with E-state index in [1.54, 1.807) is 24.5 Å². The number of piperidine rings is 1. The van der Waals surface area contributed by atoms with E-state index in [0.717, 1.165) is 29.5 Å². The Bertz CT molecular complexity index is 1090. The van der Waals surface area contributed by atoms with Gasteiger partial charge in [-0.3, -0.25) is 14.6 Å². The van der Waals surface area contributed by atoms with Crippen molar-refractivity contribution in [2.45, 2.75) is 38.5 Å². The van der Waals surface area contributed by atoms with Crippen molar-refractivity contribution in [1.29, 1.82) is 0 Å². The topological polar surface area (TPSA) is 50.3 Å². The van der Waals surface area contributed by atoms with Gasteiger partial charge in [-0.1, -0.05) is 18.2 Å². The summed E-state index contributed by atoms with van der Waals surface area (Å²) in [5.41, 5.74) is 4.57. The molecule has 2 aromatic carbocycles. The molecule has 0 N–H and O–H groups in total. The van der Waals surface area contributed by atoms with E-state index in [1.165, 1.54) is 12.1 Å². The maximum Gasteiger partial charge on any atom is 0.253 e. The van der Waals surface area contributed by atoms with E-state index in [0.29, 0.717) is 43.0 Å². The lowest BCUT2D eigenvalue weighted by molar-refractivity contribution is 0.0713. The van der Waals surface area contributed by atoms with Crippen LogP contribution < -0.4 is 0 Å². The Hall–Kier alpha value is -3.34. The standard InChI is InChI=1S/C27H27FN2O2/c1-19-2-3-24(18-23(19)6-9-26(31)22-10-14-29-15-11-22)27(32)30-16-12-21(13-17-30)20-4-7-25(28)8-5-20/h2-5,7-8,10-11,14-15,18,21H,6,9,12-13,16-17H2,1H3. The lowest BCUT2D eigenvalue weighted by atomic mass is 9.89. The molecule has 4 nitrogen and oxygen atoms in total. The molecule has 0 aliphatic carbocycles. The fraction of sp³-hybridized carbons (Fsp3) is 0.296. The minimum absolute atomic E-state index is 0.0317. The molecule has 0 atom stereocenters. The maximum absolute atomic E-state index is 13.2. The van der Waals surface area contributed by atoms with E-state index in [4.69, 9.17) is 0 Å². The second-order valence-electron chi connectivity index (χ2n) is 8.42. The second-order valence-corrected chi connectivity index (χ2v) is 8.42. The Kier molecular flexibility index (Phi) is 6.74. The van der Waals surface area contributed by atoms with Crippen LogP contribution in [-0.2, 0) is 6.42 Å². The number of halogens is 1. The second kappa shape index (κ2) is 9.86. The first-order valence-electron chi connectivity index (χ1n) is 11.1. The van der Waals surface area contributed by atoms with Gasteiger partial charge in [0.2, 0.25) is 0 Å². The summed E-state index contributed by atoms with van der Waals surface area (Å²) in [6, 6.07) is 15.9.